The first-order chi connectivity index (χ1) is 8.13. The van der Waals surface area contributed by atoms with E-state index >= 15 is 0 Å². The van der Waals surface area contributed by atoms with Gasteiger partial charge >= 0.3 is 0 Å². The summed E-state index contributed by atoms with van der Waals surface area (Å²) in [6.45, 7) is 0. The molecule has 17 heavy (non-hydrogen) atoms. The number of pyridine rings is 1. The molecule has 0 amide bonds. The van der Waals surface area contributed by atoms with Gasteiger partial charge in [-0.15, -0.1) is 0 Å². The maximum absolute atomic E-state index is 11.9. The Morgan fingerprint density at radius 1 is 1.06 bits per heavy atom. The number of halogens is 2. The zero-order valence-electron chi connectivity index (χ0n) is 8.56. The van der Waals surface area contributed by atoms with Crippen molar-refractivity contribution in [3.05, 3.63) is 62.5 Å². The lowest BCUT2D eigenvalue weighted by Crippen LogP contribution is -2.21. The van der Waals surface area contributed by atoms with E-state index < -0.39 is 5.56 Å². The monoisotopic (exact) mass is 267 g/mol. The number of rotatable bonds is 2. The van der Waals surface area contributed by atoms with Crippen LogP contribution < -0.4 is 5.56 Å². The molecule has 1 heterocycles. The van der Waals surface area contributed by atoms with Gasteiger partial charge in [0.15, 0.2) is 6.29 Å². The predicted octanol–water partition coefficient (Wildman–Crippen LogP) is 2.96. The largest absolute Gasteiger partial charge is 0.298 e. The van der Waals surface area contributed by atoms with Gasteiger partial charge in [-0.05, 0) is 30.3 Å². The molecular formula is C12H7Cl2NO2. The van der Waals surface area contributed by atoms with Crippen LogP contribution in [0, 0.1) is 0 Å². The smallest absolute Gasteiger partial charge is 0.267 e. The topological polar surface area (TPSA) is 39.1 Å². The molecular weight excluding hydrogens is 261 g/mol. The molecule has 0 aliphatic carbocycles. The standard InChI is InChI=1S/C12H7Cl2NO2/c13-8-1-3-9(4-2-8)15-6-5-11(14)10(7-16)12(15)17/h1-7H. The molecule has 0 aliphatic heterocycles. The van der Waals surface area contributed by atoms with Gasteiger partial charge < -0.3 is 0 Å². The van der Waals surface area contributed by atoms with Crippen molar-refractivity contribution < 1.29 is 4.79 Å². The summed E-state index contributed by atoms with van der Waals surface area (Å²) < 4.78 is 1.34. The fraction of sp³-hybridized carbons (Fsp3) is 0. The van der Waals surface area contributed by atoms with Crippen molar-refractivity contribution in [1.82, 2.24) is 4.57 Å². The Balaban J connectivity index is 2.65. The number of hydrogen-bond donors (Lipinski definition) is 0. The Bertz CT molecular complexity index is 617. The normalized spacial score (nSPS) is 10.2. The second kappa shape index (κ2) is 4.73. The summed E-state index contributed by atoms with van der Waals surface area (Å²) in [6.07, 6.45) is 1.97. The van der Waals surface area contributed by atoms with Crippen molar-refractivity contribution in [2.45, 2.75) is 0 Å². The average molecular weight is 268 g/mol. The molecule has 0 saturated carbocycles. The van der Waals surface area contributed by atoms with E-state index in [0.29, 0.717) is 17.0 Å². The van der Waals surface area contributed by atoms with Gasteiger partial charge in [0.25, 0.3) is 5.56 Å². The number of aromatic nitrogens is 1. The van der Waals surface area contributed by atoms with Crippen LogP contribution in [0.1, 0.15) is 10.4 Å². The van der Waals surface area contributed by atoms with Crippen LogP contribution in [0.2, 0.25) is 10.0 Å². The van der Waals surface area contributed by atoms with Gasteiger partial charge in [0, 0.05) is 16.9 Å². The number of carbonyl (C=O) groups excluding carboxylic acids is 1. The van der Waals surface area contributed by atoms with Gasteiger partial charge in [-0.25, -0.2) is 0 Å². The lowest BCUT2D eigenvalue weighted by molar-refractivity contribution is 0.112. The molecule has 0 saturated heterocycles. The van der Waals surface area contributed by atoms with Gasteiger partial charge in [0.2, 0.25) is 0 Å². The molecule has 1 aromatic heterocycles. The van der Waals surface area contributed by atoms with Crippen LogP contribution in [0.3, 0.4) is 0 Å². The third kappa shape index (κ3) is 2.25. The molecule has 0 spiro atoms. The van der Waals surface area contributed by atoms with E-state index in [2.05, 4.69) is 0 Å². The molecule has 2 rings (SSSR count). The molecule has 0 radical (unpaired) electrons. The Hall–Kier alpha value is -1.58. The Kier molecular flexibility index (Phi) is 3.31. The number of carbonyl (C=O) groups is 1. The number of nitrogens with zero attached hydrogens (tertiary/aromatic N) is 1. The summed E-state index contributed by atoms with van der Waals surface area (Å²) in [7, 11) is 0. The van der Waals surface area contributed by atoms with Crippen molar-refractivity contribution in [3.63, 3.8) is 0 Å². The van der Waals surface area contributed by atoms with Gasteiger partial charge in [-0.3, -0.25) is 14.2 Å². The summed E-state index contributed by atoms with van der Waals surface area (Å²) in [5.74, 6) is 0. The molecule has 1 aromatic carbocycles. The van der Waals surface area contributed by atoms with Crippen molar-refractivity contribution in [1.29, 1.82) is 0 Å². The van der Waals surface area contributed by atoms with Gasteiger partial charge in [0.1, 0.15) is 0 Å². The van der Waals surface area contributed by atoms with Crippen LogP contribution in [-0.4, -0.2) is 10.9 Å². The molecule has 0 fully saturated rings. The van der Waals surface area contributed by atoms with E-state index in [9.17, 15) is 9.59 Å². The maximum Gasteiger partial charge on any atom is 0.267 e. The van der Waals surface area contributed by atoms with Crippen molar-refractivity contribution in [2.24, 2.45) is 0 Å². The van der Waals surface area contributed by atoms with Crippen LogP contribution in [0.15, 0.2) is 41.3 Å². The predicted molar refractivity (Wildman–Crippen MR) is 67.4 cm³/mol. The molecule has 0 aliphatic rings. The first-order valence-electron chi connectivity index (χ1n) is 4.76. The van der Waals surface area contributed by atoms with E-state index in [-0.39, 0.29) is 10.6 Å². The quantitative estimate of drug-likeness (QED) is 0.785. The lowest BCUT2D eigenvalue weighted by Gasteiger charge is -2.06. The first-order valence-corrected chi connectivity index (χ1v) is 5.51. The summed E-state index contributed by atoms with van der Waals surface area (Å²) in [6, 6.07) is 8.21. The minimum atomic E-state index is -0.449. The molecule has 0 unspecified atom stereocenters. The Morgan fingerprint density at radius 3 is 2.29 bits per heavy atom. The molecule has 2 aromatic rings. The Labute approximate surface area is 107 Å². The van der Waals surface area contributed by atoms with Crippen LogP contribution in [0.25, 0.3) is 5.69 Å². The fourth-order valence-electron chi connectivity index (χ4n) is 1.44. The van der Waals surface area contributed by atoms with Crippen molar-refractivity contribution in [2.75, 3.05) is 0 Å². The van der Waals surface area contributed by atoms with E-state index in [1.54, 1.807) is 24.3 Å². The number of aldehydes is 1. The van der Waals surface area contributed by atoms with E-state index in [4.69, 9.17) is 23.2 Å². The van der Waals surface area contributed by atoms with E-state index in [0.717, 1.165) is 0 Å². The summed E-state index contributed by atoms with van der Waals surface area (Å²) >= 11 is 11.5. The highest BCUT2D eigenvalue weighted by molar-refractivity contribution is 6.32. The van der Waals surface area contributed by atoms with Gasteiger partial charge in [-0.2, -0.15) is 0 Å². The minimum absolute atomic E-state index is 0.0517. The summed E-state index contributed by atoms with van der Waals surface area (Å²) in [5.41, 5.74) is 0.123. The van der Waals surface area contributed by atoms with Gasteiger partial charge in [0.05, 0.1) is 10.6 Å². The van der Waals surface area contributed by atoms with E-state index in [1.807, 2.05) is 0 Å². The molecule has 86 valence electrons. The zero-order chi connectivity index (χ0) is 12.4. The number of hydrogen-bond acceptors (Lipinski definition) is 2. The molecule has 0 atom stereocenters. The molecule has 5 heteroatoms. The summed E-state index contributed by atoms with van der Waals surface area (Å²) in [4.78, 5) is 22.7. The van der Waals surface area contributed by atoms with Crippen molar-refractivity contribution >= 4 is 29.5 Å². The molecule has 3 nitrogen and oxygen atoms in total. The van der Waals surface area contributed by atoms with Crippen LogP contribution in [0.4, 0.5) is 0 Å². The lowest BCUT2D eigenvalue weighted by atomic mass is 10.2. The van der Waals surface area contributed by atoms with Gasteiger partial charge in [-0.1, -0.05) is 23.2 Å². The fourth-order valence-corrected chi connectivity index (χ4v) is 1.75. The average Bonchev–Trinajstić information content (AvgIpc) is 2.31. The zero-order valence-corrected chi connectivity index (χ0v) is 10.1. The second-order valence-electron chi connectivity index (χ2n) is 3.35. The number of benzene rings is 1. The van der Waals surface area contributed by atoms with Crippen molar-refractivity contribution in [3.8, 4) is 5.69 Å². The Morgan fingerprint density at radius 2 is 1.71 bits per heavy atom. The van der Waals surface area contributed by atoms with Crippen LogP contribution in [0.5, 0.6) is 0 Å². The highest BCUT2D eigenvalue weighted by Crippen LogP contribution is 2.14. The highest BCUT2D eigenvalue weighted by atomic mass is 35.5. The highest BCUT2D eigenvalue weighted by Gasteiger charge is 2.08. The molecule has 0 N–H and O–H groups in total. The first kappa shape index (κ1) is 11.9. The van der Waals surface area contributed by atoms with E-state index in [1.165, 1.54) is 16.8 Å². The third-order valence-electron chi connectivity index (χ3n) is 2.30. The maximum atomic E-state index is 11.9. The molecule has 0 bridgehead atoms. The van der Waals surface area contributed by atoms with Crippen LogP contribution in [-0.2, 0) is 0 Å². The second-order valence-corrected chi connectivity index (χ2v) is 4.19. The summed E-state index contributed by atoms with van der Waals surface area (Å²) in [5, 5.41) is 0.724. The minimum Gasteiger partial charge on any atom is -0.298 e. The van der Waals surface area contributed by atoms with Crippen LogP contribution >= 0.6 is 23.2 Å². The SMILES string of the molecule is O=Cc1c(Cl)ccn(-c2ccc(Cl)cc2)c1=O. The third-order valence-corrected chi connectivity index (χ3v) is 2.88.